The summed E-state index contributed by atoms with van der Waals surface area (Å²) in [6, 6.07) is 12.7. The number of benzene rings is 2. The molecule has 1 amide bonds. The van der Waals surface area contributed by atoms with Crippen molar-refractivity contribution < 1.29 is 4.79 Å². The van der Waals surface area contributed by atoms with E-state index in [2.05, 4.69) is 70.0 Å². The summed E-state index contributed by atoms with van der Waals surface area (Å²) in [5.41, 5.74) is 7.56. The van der Waals surface area contributed by atoms with Gasteiger partial charge in [-0.2, -0.15) is 5.26 Å². The van der Waals surface area contributed by atoms with Gasteiger partial charge in [0, 0.05) is 23.0 Å². The van der Waals surface area contributed by atoms with Gasteiger partial charge in [-0.05, 0) is 113 Å². The highest BCUT2D eigenvalue weighted by molar-refractivity contribution is 6.10. The van der Waals surface area contributed by atoms with Crippen LogP contribution in [0.4, 0.5) is 11.4 Å². The van der Waals surface area contributed by atoms with E-state index in [-0.39, 0.29) is 17.0 Å². The quantitative estimate of drug-likeness (QED) is 0.437. The number of carbonyl (C=O) groups is 1. The zero-order valence-corrected chi connectivity index (χ0v) is 20.6. The van der Waals surface area contributed by atoms with Gasteiger partial charge in [0.15, 0.2) is 0 Å². The lowest BCUT2D eigenvalue weighted by Gasteiger charge is -2.50. The molecule has 0 unspecified atom stereocenters. The van der Waals surface area contributed by atoms with Crippen LogP contribution in [0.1, 0.15) is 74.8 Å². The number of nitriles is 1. The van der Waals surface area contributed by atoms with Gasteiger partial charge in [-0.3, -0.25) is 4.79 Å². The Morgan fingerprint density at radius 1 is 1.22 bits per heavy atom. The normalized spacial score (nSPS) is 17.7. The molecule has 1 aliphatic heterocycles. The fourth-order valence-electron chi connectivity index (χ4n) is 5.13. The third-order valence-corrected chi connectivity index (χ3v) is 6.70. The molecule has 2 aromatic carbocycles. The first-order chi connectivity index (χ1) is 15.0. The molecule has 1 atom stereocenters. The molecule has 0 saturated heterocycles. The van der Waals surface area contributed by atoms with E-state index >= 15 is 0 Å². The van der Waals surface area contributed by atoms with Crippen LogP contribution >= 0.6 is 0 Å². The molecule has 1 heterocycles. The van der Waals surface area contributed by atoms with Crippen molar-refractivity contribution in [2.45, 2.75) is 79.3 Å². The van der Waals surface area contributed by atoms with E-state index in [0.29, 0.717) is 12.0 Å². The Kier molecular flexibility index (Phi) is 6.51. The van der Waals surface area contributed by atoms with Crippen LogP contribution in [0.15, 0.2) is 35.9 Å². The third kappa shape index (κ3) is 4.43. The van der Waals surface area contributed by atoms with Crippen molar-refractivity contribution in [3.05, 3.63) is 63.7 Å². The minimum Gasteiger partial charge on any atom is -0.364 e. The van der Waals surface area contributed by atoms with Crippen LogP contribution < -0.4 is 10.2 Å². The van der Waals surface area contributed by atoms with Gasteiger partial charge in [0.25, 0.3) is 5.91 Å². The van der Waals surface area contributed by atoms with E-state index in [1.807, 2.05) is 32.0 Å². The second-order valence-electron chi connectivity index (χ2n) is 10.0. The van der Waals surface area contributed by atoms with E-state index in [4.69, 9.17) is 0 Å². The molecule has 0 fully saturated rings. The minimum atomic E-state index is -0.378. The number of nitrogens with one attached hydrogen (secondary N) is 1. The van der Waals surface area contributed by atoms with E-state index in [1.54, 1.807) is 6.08 Å². The van der Waals surface area contributed by atoms with Gasteiger partial charge in [0.2, 0.25) is 0 Å². The Hall–Kier alpha value is -3.06. The van der Waals surface area contributed by atoms with Crippen molar-refractivity contribution >= 4 is 23.4 Å². The molecule has 0 saturated carbocycles. The highest BCUT2D eigenvalue weighted by Crippen LogP contribution is 2.45. The number of amides is 1. The second-order valence-corrected chi connectivity index (χ2v) is 10.0. The summed E-state index contributed by atoms with van der Waals surface area (Å²) < 4.78 is 0. The van der Waals surface area contributed by atoms with Gasteiger partial charge >= 0.3 is 0 Å². The molecule has 0 radical (unpaired) electrons. The Balaban J connectivity index is 2.01. The maximum Gasteiger partial charge on any atom is 0.266 e. The summed E-state index contributed by atoms with van der Waals surface area (Å²) in [5, 5.41) is 12.6. The summed E-state index contributed by atoms with van der Waals surface area (Å²) in [5.74, 6) is 0.0216. The summed E-state index contributed by atoms with van der Waals surface area (Å²) in [6.07, 6.45) is 2.78. The smallest absolute Gasteiger partial charge is 0.266 e. The van der Waals surface area contributed by atoms with Gasteiger partial charge in [0.1, 0.15) is 11.6 Å². The first-order valence-corrected chi connectivity index (χ1v) is 11.4. The number of nitrogens with zero attached hydrogens (tertiary/aromatic N) is 2. The zero-order chi connectivity index (χ0) is 23.8. The summed E-state index contributed by atoms with van der Waals surface area (Å²) >= 11 is 0. The lowest BCUT2D eigenvalue weighted by atomic mass is 9.78. The molecule has 1 aliphatic rings. The number of aryl methyl sites for hydroxylation is 2. The SMILES string of the molecule is Cc1cc2c(cc1/C=C(/C#N)C(=O)Nc1cccc(C)c1C)[C@H](C)CC(C)(C)N2C(C)C. The van der Waals surface area contributed by atoms with Crippen LogP contribution in [0.5, 0.6) is 0 Å². The molecule has 4 nitrogen and oxygen atoms in total. The highest BCUT2D eigenvalue weighted by Gasteiger charge is 2.37. The summed E-state index contributed by atoms with van der Waals surface area (Å²) in [6.45, 7) is 17.4. The molecule has 0 spiro atoms. The highest BCUT2D eigenvalue weighted by atomic mass is 16.1. The number of rotatable bonds is 4. The standard InChI is InChI=1S/C28H35N3O/c1-17(2)31-26-12-19(4)22(14-24(26)20(5)15-28(31,7)8)13-23(16-29)27(32)30-25-11-9-10-18(3)21(25)6/h9-14,17,20H,15H2,1-8H3,(H,30,32)/b23-13-/t20-/m1/s1. The molecule has 0 aliphatic carbocycles. The van der Waals surface area contributed by atoms with Crippen molar-refractivity contribution in [1.82, 2.24) is 0 Å². The fraction of sp³-hybridized carbons (Fsp3) is 0.429. The van der Waals surface area contributed by atoms with E-state index in [0.717, 1.165) is 34.4 Å². The predicted octanol–water partition coefficient (Wildman–Crippen LogP) is 6.66. The minimum absolute atomic E-state index is 0.0771. The topological polar surface area (TPSA) is 56.1 Å². The molecule has 0 aromatic heterocycles. The van der Waals surface area contributed by atoms with E-state index < -0.39 is 0 Å². The number of hydrogen-bond donors (Lipinski definition) is 1. The largest absolute Gasteiger partial charge is 0.364 e. The van der Waals surface area contributed by atoms with Crippen LogP contribution in [0.25, 0.3) is 6.08 Å². The molecule has 4 heteroatoms. The van der Waals surface area contributed by atoms with Gasteiger partial charge in [-0.15, -0.1) is 0 Å². The first-order valence-electron chi connectivity index (χ1n) is 11.4. The Bertz CT molecular complexity index is 1120. The van der Waals surface area contributed by atoms with Crippen LogP contribution in [-0.2, 0) is 4.79 Å². The van der Waals surface area contributed by atoms with Crippen LogP contribution in [0.2, 0.25) is 0 Å². The second kappa shape index (κ2) is 8.82. The number of carbonyl (C=O) groups excluding carboxylic acids is 1. The van der Waals surface area contributed by atoms with E-state index in [1.165, 1.54) is 11.3 Å². The average Bonchev–Trinajstić information content (AvgIpc) is 2.69. The Morgan fingerprint density at radius 3 is 2.53 bits per heavy atom. The van der Waals surface area contributed by atoms with Crippen molar-refractivity contribution in [2.24, 2.45) is 0 Å². The average molecular weight is 430 g/mol. The number of fused-ring (bicyclic) bond motifs is 1. The lowest BCUT2D eigenvalue weighted by Crippen LogP contribution is -2.51. The van der Waals surface area contributed by atoms with Crippen molar-refractivity contribution in [3.63, 3.8) is 0 Å². The first kappa shape index (κ1) is 23.6. The fourth-order valence-corrected chi connectivity index (χ4v) is 5.13. The van der Waals surface area contributed by atoms with E-state index in [9.17, 15) is 10.1 Å². The Morgan fingerprint density at radius 2 is 1.91 bits per heavy atom. The van der Waals surface area contributed by atoms with Crippen LogP contribution in [-0.4, -0.2) is 17.5 Å². The van der Waals surface area contributed by atoms with Gasteiger partial charge in [0.05, 0.1) is 0 Å². The molecule has 32 heavy (non-hydrogen) atoms. The molecular formula is C28H35N3O. The summed E-state index contributed by atoms with van der Waals surface area (Å²) in [7, 11) is 0. The van der Waals surface area contributed by atoms with Gasteiger partial charge < -0.3 is 10.2 Å². The molecule has 0 bridgehead atoms. The zero-order valence-electron chi connectivity index (χ0n) is 20.6. The molecule has 3 rings (SSSR count). The van der Waals surface area contributed by atoms with Gasteiger partial charge in [-0.1, -0.05) is 19.1 Å². The van der Waals surface area contributed by atoms with Crippen LogP contribution in [0.3, 0.4) is 0 Å². The maximum atomic E-state index is 12.9. The maximum absolute atomic E-state index is 12.9. The predicted molar refractivity (Wildman–Crippen MR) is 134 cm³/mol. The van der Waals surface area contributed by atoms with Gasteiger partial charge in [-0.25, -0.2) is 0 Å². The van der Waals surface area contributed by atoms with Crippen molar-refractivity contribution in [2.75, 3.05) is 10.2 Å². The monoisotopic (exact) mass is 429 g/mol. The summed E-state index contributed by atoms with van der Waals surface area (Å²) in [4.78, 5) is 15.4. The molecule has 2 aromatic rings. The van der Waals surface area contributed by atoms with Crippen molar-refractivity contribution in [3.8, 4) is 6.07 Å². The number of hydrogen-bond acceptors (Lipinski definition) is 3. The van der Waals surface area contributed by atoms with Crippen molar-refractivity contribution in [1.29, 1.82) is 5.26 Å². The molecular weight excluding hydrogens is 394 g/mol. The van der Waals surface area contributed by atoms with Crippen LogP contribution in [0, 0.1) is 32.1 Å². The molecule has 1 N–H and O–H groups in total. The molecule has 168 valence electrons. The Labute approximate surface area is 192 Å². The lowest BCUT2D eigenvalue weighted by molar-refractivity contribution is -0.112. The third-order valence-electron chi connectivity index (χ3n) is 6.70. The number of anilines is 2.